The van der Waals surface area contributed by atoms with Crippen molar-refractivity contribution in [1.82, 2.24) is 19.0 Å². The van der Waals surface area contributed by atoms with Gasteiger partial charge in [0.2, 0.25) is 5.43 Å². The van der Waals surface area contributed by atoms with Crippen molar-refractivity contribution in [3.8, 4) is 0 Å². The summed E-state index contributed by atoms with van der Waals surface area (Å²) in [4.78, 5) is 55.9. The highest BCUT2D eigenvalue weighted by atomic mass is 19.1. The summed E-state index contributed by atoms with van der Waals surface area (Å²) >= 11 is 0. The number of unbranched alkanes of at least 4 members (excludes halogenated alkanes) is 1. The maximum absolute atomic E-state index is 15.3. The number of anilines is 3. The molecule has 0 amide bonds. The van der Waals surface area contributed by atoms with E-state index in [1.54, 1.807) is 10.6 Å². The van der Waals surface area contributed by atoms with Gasteiger partial charge in [-0.2, -0.15) is 0 Å². The maximum atomic E-state index is 15.3. The molecule has 0 bridgehead atoms. The Kier molecular flexibility index (Phi) is 8.81. The number of aromatic nitrogens is 3. The number of benzene rings is 2. The van der Waals surface area contributed by atoms with Crippen molar-refractivity contribution < 1.29 is 14.3 Å². The average Bonchev–Trinajstić information content (AvgIpc) is 3.87. The first-order valence-electron chi connectivity index (χ1n) is 15.9. The average molecular weight is 631 g/mol. The number of rotatable bonds is 11. The Labute approximate surface area is 264 Å². The second-order valence-electron chi connectivity index (χ2n) is 12.3. The first-order valence-corrected chi connectivity index (χ1v) is 15.9. The van der Waals surface area contributed by atoms with Gasteiger partial charge in [-0.25, -0.2) is 14.0 Å². The van der Waals surface area contributed by atoms with Gasteiger partial charge in [-0.1, -0.05) is 13.0 Å². The minimum atomic E-state index is -1.31. The lowest BCUT2D eigenvalue weighted by atomic mass is 10.1. The van der Waals surface area contributed by atoms with Crippen molar-refractivity contribution >= 4 is 34.1 Å². The Balaban J connectivity index is 1.08. The third kappa shape index (κ3) is 6.48. The van der Waals surface area contributed by atoms with Gasteiger partial charge >= 0.3 is 11.7 Å². The minimum absolute atomic E-state index is 0.0937. The molecule has 0 radical (unpaired) electrons. The smallest absolute Gasteiger partial charge is 0.341 e. The lowest BCUT2D eigenvalue weighted by Gasteiger charge is -2.36. The second-order valence-corrected chi connectivity index (χ2v) is 12.3. The van der Waals surface area contributed by atoms with Crippen molar-refractivity contribution in [3.63, 3.8) is 0 Å². The van der Waals surface area contributed by atoms with Crippen LogP contribution in [0.5, 0.6) is 0 Å². The third-order valence-corrected chi connectivity index (χ3v) is 9.13. The molecule has 11 nitrogen and oxygen atoms in total. The van der Waals surface area contributed by atoms with E-state index in [-0.39, 0.29) is 17.0 Å². The van der Waals surface area contributed by atoms with E-state index in [0.29, 0.717) is 36.7 Å². The molecule has 0 atom stereocenters. The number of fused-ring (bicyclic) bond motifs is 1. The fourth-order valence-corrected chi connectivity index (χ4v) is 6.35. The second kappa shape index (κ2) is 13.0. The van der Waals surface area contributed by atoms with Crippen LogP contribution in [0.15, 0.2) is 57.0 Å². The first-order chi connectivity index (χ1) is 22.1. The minimum Gasteiger partial charge on any atom is -0.477 e. The molecule has 242 valence electrons. The molecule has 1 saturated heterocycles. The fraction of sp³-hybridized carbons (Fsp3) is 0.412. The van der Waals surface area contributed by atoms with Crippen LogP contribution in [0.3, 0.4) is 0 Å². The lowest BCUT2D eigenvalue weighted by Crippen LogP contribution is -2.47. The largest absolute Gasteiger partial charge is 0.477 e. The van der Waals surface area contributed by atoms with Gasteiger partial charge in [0.05, 0.1) is 11.2 Å². The van der Waals surface area contributed by atoms with Crippen LogP contribution in [-0.2, 0) is 13.0 Å². The number of carboxylic acid groups (broad SMARTS) is 1. The molecule has 0 spiro atoms. The Hall–Kier alpha value is -4.71. The van der Waals surface area contributed by atoms with Gasteiger partial charge in [0.1, 0.15) is 17.2 Å². The van der Waals surface area contributed by atoms with E-state index < -0.39 is 28.5 Å². The SMILES string of the molecule is CCc1cc(Nc2cc(=O)[nH]c(=O)n2CCCCN2CCN(c3cc4c(cc3F)c(=O)c(C(=O)O)cn4C3CC3)CC2)ccc1C. The molecule has 1 aliphatic carbocycles. The Morgan fingerprint density at radius 2 is 1.76 bits per heavy atom. The zero-order chi connectivity index (χ0) is 32.5. The molecule has 3 N–H and O–H groups in total. The topological polar surface area (TPSA) is 133 Å². The molecule has 2 aromatic heterocycles. The van der Waals surface area contributed by atoms with Crippen LogP contribution in [0.4, 0.5) is 21.6 Å². The number of H-pyrrole nitrogens is 1. The number of pyridine rings is 1. The van der Waals surface area contributed by atoms with Gasteiger partial charge in [0, 0.05) is 62.1 Å². The summed E-state index contributed by atoms with van der Waals surface area (Å²) in [6.07, 6.45) is 5.63. The molecule has 2 aromatic carbocycles. The first kappa shape index (κ1) is 31.3. The molecular formula is C34H39FN6O5. The zero-order valence-corrected chi connectivity index (χ0v) is 26.1. The molecule has 2 aliphatic rings. The molecule has 4 aromatic rings. The number of nitrogens with one attached hydrogen (secondary N) is 2. The number of aromatic carboxylic acids is 1. The van der Waals surface area contributed by atoms with Crippen molar-refractivity contribution in [1.29, 1.82) is 0 Å². The van der Waals surface area contributed by atoms with Gasteiger partial charge < -0.3 is 19.9 Å². The number of aryl methyl sites for hydroxylation is 2. The highest BCUT2D eigenvalue weighted by Gasteiger charge is 2.28. The lowest BCUT2D eigenvalue weighted by molar-refractivity contribution is 0.0695. The van der Waals surface area contributed by atoms with Gasteiger partial charge in [-0.3, -0.25) is 24.0 Å². The van der Waals surface area contributed by atoms with Crippen LogP contribution in [0.1, 0.15) is 60.1 Å². The highest BCUT2D eigenvalue weighted by molar-refractivity contribution is 5.93. The van der Waals surface area contributed by atoms with Crippen LogP contribution in [0.25, 0.3) is 10.9 Å². The molecule has 1 aliphatic heterocycles. The van der Waals surface area contributed by atoms with Gasteiger partial charge in [-0.15, -0.1) is 0 Å². The quantitative estimate of drug-likeness (QED) is 0.210. The predicted octanol–water partition coefficient (Wildman–Crippen LogP) is 4.24. The molecule has 2 fully saturated rings. The normalized spacial score (nSPS) is 15.4. The van der Waals surface area contributed by atoms with Crippen molar-refractivity contribution in [2.75, 3.05) is 42.9 Å². The zero-order valence-electron chi connectivity index (χ0n) is 26.1. The summed E-state index contributed by atoms with van der Waals surface area (Å²) in [5.74, 6) is -1.38. The number of hydrogen-bond acceptors (Lipinski definition) is 7. The number of nitrogens with zero attached hydrogens (tertiary/aromatic N) is 4. The van der Waals surface area contributed by atoms with Crippen molar-refractivity contribution in [2.45, 2.75) is 58.5 Å². The third-order valence-electron chi connectivity index (χ3n) is 9.13. The number of hydrogen-bond donors (Lipinski definition) is 3. The summed E-state index contributed by atoms with van der Waals surface area (Å²) in [6, 6.07) is 10.4. The fourth-order valence-electron chi connectivity index (χ4n) is 6.35. The van der Waals surface area contributed by atoms with Crippen molar-refractivity contribution in [3.05, 3.63) is 96.2 Å². The van der Waals surface area contributed by atoms with Gasteiger partial charge in [0.15, 0.2) is 0 Å². The monoisotopic (exact) mass is 630 g/mol. The van der Waals surface area contributed by atoms with E-state index >= 15 is 4.39 Å². The van der Waals surface area contributed by atoms with E-state index in [2.05, 4.69) is 29.0 Å². The number of carboxylic acids is 1. The summed E-state index contributed by atoms with van der Waals surface area (Å²) in [7, 11) is 0. The molecular weight excluding hydrogens is 591 g/mol. The van der Waals surface area contributed by atoms with Crippen LogP contribution in [-0.4, -0.2) is 62.8 Å². The number of carbonyl (C=O) groups is 1. The van der Waals surface area contributed by atoms with E-state index in [1.807, 2.05) is 27.7 Å². The molecule has 1 saturated carbocycles. The molecule has 12 heteroatoms. The highest BCUT2D eigenvalue weighted by Crippen LogP contribution is 2.38. The van der Waals surface area contributed by atoms with E-state index in [4.69, 9.17) is 0 Å². The summed E-state index contributed by atoms with van der Waals surface area (Å²) < 4.78 is 18.7. The number of aromatic amines is 1. The summed E-state index contributed by atoms with van der Waals surface area (Å²) in [5.41, 5.74) is 2.29. The summed E-state index contributed by atoms with van der Waals surface area (Å²) in [5, 5.41) is 12.9. The van der Waals surface area contributed by atoms with Gasteiger partial charge in [0.25, 0.3) is 5.56 Å². The molecule has 0 unspecified atom stereocenters. The van der Waals surface area contributed by atoms with E-state index in [1.165, 1.54) is 29.5 Å². The molecule has 6 rings (SSSR count). The predicted molar refractivity (Wildman–Crippen MR) is 176 cm³/mol. The Morgan fingerprint density at radius 1 is 1.02 bits per heavy atom. The maximum Gasteiger partial charge on any atom is 0.341 e. The van der Waals surface area contributed by atoms with E-state index in [0.717, 1.165) is 57.4 Å². The van der Waals surface area contributed by atoms with Crippen LogP contribution < -0.4 is 26.9 Å². The molecule has 46 heavy (non-hydrogen) atoms. The summed E-state index contributed by atoms with van der Waals surface area (Å²) in [6.45, 7) is 8.06. The van der Waals surface area contributed by atoms with Crippen LogP contribution in [0, 0.1) is 12.7 Å². The van der Waals surface area contributed by atoms with E-state index in [9.17, 15) is 24.3 Å². The van der Waals surface area contributed by atoms with Gasteiger partial charge in [-0.05, 0) is 81.0 Å². The number of piperazine rings is 1. The molecule has 3 heterocycles. The van der Waals surface area contributed by atoms with Crippen LogP contribution in [0.2, 0.25) is 0 Å². The van der Waals surface area contributed by atoms with Crippen molar-refractivity contribution in [2.24, 2.45) is 0 Å². The number of halogens is 1. The van der Waals surface area contributed by atoms with Crippen LogP contribution >= 0.6 is 0 Å². The Bertz CT molecular complexity index is 1970. The Morgan fingerprint density at radius 3 is 2.46 bits per heavy atom. The standard InChI is InChI=1S/C34H39FN6O5/c1-3-22-16-23(7-6-21(22)2)36-30-19-31(42)37-34(46)40(30)11-5-4-10-38-12-14-39(15-13-38)29-18-28-25(17-27(29)35)32(43)26(33(44)45)20-41(28)24-8-9-24/h6-7,16-20,24,36H,3-5,8-15H2,1-2H3,(H,44,45)(H,37,42,46).